The van der Waals surface area contributed by atoms with Crippen LogP contribution in [0.2, 0.25) is 18.1 Å². The molecule has 1 heterocycles. The van der Waals surface area contributed by atoms with Gasteiger partial charge >= 0.3 is 0 Å². The van der Waals surface area contributed by atoms with Crippen LogP contribution in [0, 0.1) is 17.8 Å². The second-order valence-electron chi connectivity index (χ2n) is 7.15. The number of unbranched alkanes of at least 4 members (excludes halogenated alkanes) is 1. The van der Waals surface area contributed by atoms with Crippen LogP contribution >= 0.6 is 15.9 Å². The molecule has 0 nitrogen and oxygen atoms in total. The van der Waals surface area contributed by atoms with Gasteiger partial charge in [-0.3, -0.25) is 0 Å². The van der Waals surface area contributed by atoms with Crippen LogP contribution in [0.15, 0.2) is 0 Å². The summed E-state index contributed by atoms with van der Waals surface area (Å²) < 4.78 is 0. The third-order valence-electron chi connectivity index (χ3n) is 6.02. The molecular weight excluding hydrogens is 312 g/mol. The summed E-state index contributed by atoms with van der Waals surface area (Å²) >= 11 is 3.55. The van der Waals surface area contributed by atoms with Gasteiger partial charge in [0.15, 0.2) is 0 Å². The van der Waals surface area contributed by atoms with Crippen LogP contribution in [-0.4, -0.2) is 14.1 Å². The summed E-state index contributed by atoms with van der Waals surface area (Å²) in [5.74, 6) is 3.34. The maximum Gasteiger partial charge on any atom is 0.0365 e. The van der Waals surface area contributed by atoms with Crippen LogP contribution in [0.1, 0.15) is 64.7 Å². The van der Waals surface area contributed by atoms with Gasteiger partial charge in [-0.05, 0) is 37.0 Å². The third-order valence-corrected chi connectivity index (χ3v) is 10.0. The first-order valence-electron chi connectivity index (χ1n) is 8.89. The Bertz CT molecular complexity index is 227. The van der Waals surface area contributed by atoms with Gasteiger partial charge in [0.2, 0.25) is 0 Å². The van der Waals surface area contributed by atoms with Gasteiger partial charge in [0.05, 0.1) is 0 Å². The Hall–Kier alpha value is 0.697. The van der Waals surface area contributed by atoms with E-state index in [1.807, 2.05) is 0 Å². The van der Waals surface area contributed by atoms with Crippen LogP contribution in [0.4, 0.5) is 0 Å². The SMILES string of the molecule is CC[Si@H]1CC[C@H]([C@H]2CC[C@H](CCCCBr)CC2)CC1. The van der Waals surface area contributed by atoms with E-state index in [4.69, 9.17) is 0 Å². The van der Waals surface area contributed by atoms with Crippen molar-refractivity contribution in [3.8, 4) is 0 Å². The average molecular weight is 345 g/mol. The molecule has 2 heteroatoms. The average Bonchev–Trinajstić information content (AvgIpc) is 2.48. The highest BCUT2D eigenvalue weighted by atomic mass is 79.9. The Balaban J connectivity index is 1.63. The van der Waals surface area contributed by atoms with Crippen LogP contribution in [-0.2, 0) is 0 Å². The van der Waals surface area contributed by atoms with Crippen molar-refractivity contribution >= 4 is 24.7 Å². The van der Waals surface area contributed by atoms with Gasteiger partial charge in [-0.25, -0.2) is 0 Å². The molecule has 1 aliphatic carbocycles. The van der Waals surface area contributed by atoms with Gasteiger partial charge in [-0.15, -0.1) is 0 Å². The van der Waals surface area contributed by atoms with Crippen molar-refractivity contribution in [2.45, 2.75) is 82.8 Å². The molecular formula is C17H33BrSi. The molecule has 2 aliphatic rings. The lowest BCUT2D eigenvalue weighted by Gasteiger charge is -2.37. The number of rotatable bonds is 6. The first-order chi connectivity index (χ1) is 9.33. The number of hydrogen-bond donors (Lipinski definition) is 0. The Morgan fingerprint density at radius 2 is 1.53 bits per heavy atom. The fourth-order valence-electron chi connectivity index (χ4n) is 4.54. The summed E-state index contributed by atoms with van der Waals surface area (Å²) in [5, 5.41) is 1.20. The molecule has 0 radical (unpaired) electrons. The summed E-state index contributed by atoms with van der Waals surface area (Å²) in [6.45, 7) is 2.44. The van der Waals surface area contributed by atoms with Crippen molar-refractivity contribution in [3.05, 3.63) is 0 Å². The van der Waals surface area contributed by atoms with Gasteiger partial charge in [0.1, 0.15) is 0 Å². The molecule has 0 aromatic carbocycles. The summed E-state index contributed by atoms with van der Waals surface area (Å²) in [7, 11) is -0.234. The Labute approximate surface area is 130 Å². The van der Waals surface area contributed by atoms with E-state index in [0.717, 1.165) is 17.8 Å². The number of hydrogen-bond acceptors (Lipinski definition) is 0. The minimum Gasteiger partial charge on any atom is -0.0928 e. The maximum absolute atomic E-state index is 3.55. The molecule has 112 valence electrons. The van der Waals surface area contributed by atoms with Crippen molar-refractivity contribution in [1.29, 1.82) is 0 Å². The smallest absolute Gasteiger partial charge is 0.0365 e. The molecule has 0 spiro atoms. The van der Waals surface area contributed by atoms with Crippen LogP contribution in [0.3, 0.4) is 0 Å². The van der Waals surface area contributed by atoms with Crippen molar-refractivity contribution in [3.63, 3.8) is 0 Å². The van der Waals surface area contributed by atoms with Gasteiger partial charge in [-0.1, -0.05) is 79.5 Å². The molecule has 19 heavy (non-hydrogen) atoms. The summed E-state index contributed by atoms with van der Waals surface area (Å²) in [4.78, 5) is 0. The second-order valence-corrected chi connectivity index (χ2v) is 11.7. The van der Waals surface area contributed by atoms with Gasteiger partial charge in [-0.2, -0.15) is 0 Å². The molecule has 0 amide bonds. The van der Waals surface area contributed by atoms with Crippen molar-refractivity contribution in [2.75, 3.05) is 5.33 Å². The normalized spacial score (nSPS) is 36.3. The minimum atomic E-state index is -0.234. The molecule has 1 saturated heterocycles. The maximum atomic E-state index is 3.55. The predicted molar refractivity (Wildman–Crippen MR) is 93.1 cm³/mol. The van der Waals surface area contributed by atoms with E-state index in [1.165, 1.54) is 24.6 Å². The van der Waals surface area contributed by atoms with E-state index >= 15 is 0 Å². The van der Waals surface area contributed by atoms with E-state index in [9.17, 15) is 0 Å². The van der Waals surface area contributed by atoms with E-state index in [-0.39, 0.29) is 8.80 Å². The molecule has 2 fully saturated rings. The fraction of sp³-hybridized carbons (Fsp3) is 1.00. The Kier molecular flexibility index (Phi) is 7.50. The zero-order valence-corrected chi connectivity index (χ0v) is 15.6. The van der Waals surface area contributed by atoms with E-state index in [0.29, 0.717) is 0 Å². The highest BCUT2D eigenvalue weighted by Crippen LogP contribution is 2.41. The monoisotopic (exact) mass is 344 g/mol. The Morgan fingerprint density at radius 1 is 0.895 bits per heavy atom. The molecule has 0 aromatic rings. The zero-order valence-electron chi connectivity index (χ0n) is 12.9. The second kappa shape index (κ2) is 8.87. The van der Waals surface area contributed by atoms with Gasteiger partial charge < -0.3 is 0 Å². The van der Waals surface area contributed by atoms with Gasteiger partial charge in [0, 0.05) is 14.1 Å². The molecule has 1 aliphatic heterocycles. The van der Waals surface area contributed by atoms with Crippen molar-refractivity contribution < 1.29 is 0 Å². The minimum absolute atomic E-state index is 0.234. The number of alkyl halides is 1. The lowest BCUT2D eigenvalue weighted by Crippen LogP contribution is -2.28. The lowest BCUT2D eigenvalue weighted by molar-refractivity contribution is 0.185. The highest BCUT2D eigenvalue weighted by Gasteiger charge is 2.30. The number of halogens is 1. The first kappa shape index (κ1) is 16.1. The Morgan fingerprint density at radius 3 is 2.11 bits per heavy atom. The topological polar surface area (TPSA) is 0 Å². The largest absolute Gasteiger partial charge is 0.0928 e. The summed E-state index contributed by atoms with van der Waals surface area (Å²) in [6, 6.07) is 4.91. The quantitative estimate of drug-likeness (QED) is 0.314. The van der Waals surface area contributed by atoms with Crippen LogP contribution in [0.25, 0.3) is 0 Å². The molecule has 2 rings (SSSR count). The van der Waals surface area contributed by atoms with E-state index < -0.39 is 0 Å². The van der Waals surface area contributed by atoms with E-state index in [1.54, 1.807) is 56.7 Å². The van der Waals surface area contributed by atoms with E-state index in [2.05, 4.69) is 22.9 Å². The molecule has 1 saturated carbocycles. The molecule has 0 aromatic heterocycles. The summed E-state index contributed by atoms with van der Waals surface area (Å²) in [5.41, 5.74) is 0. The molecule has 0 unspecified atom stereocenters. The fourth-order valence-corrected chi connectivity index (χ4v) is 7.84. The highest BCUT2D eigenvalue weighted by molar-refractivity contribution is 9.09. The van der Waals surface area contributed by atoms with Gasteiger partial charge in [0.25, 0.3) is 0 Å². The van der Waals surface area contributed by atoms with Crippen molar-refractivity contribution in [1.82, 2.24) is 0 Å². The third kappa shape index (κ3) is 5.19. The standard InChI is InChI=1S/C17H33BrSi/c1-2-19-13-10-17(11-14-19)16-8-6-15(7-9-16)5-3-4-12-18/h15-17,19H,2-14H2,1H3/t15-,16-,17-,19-. The summed E-state index contributed by atoms with van der Waals surface area (Å²) in [6.07, 6.45) is 13.8. The molecule has 0 N–H and O–H groups in total. The zero-order chi connectivity index (χ0) is 13.5. The van der Waals surface area contributed by atoms with Crippen LogP contribution in [0.5, 0.6) is 0 Å². The molecule has 0 bridgehead atoms. The first-order valence-corrected chi connectivity index (χ1v) is 12.5. The van der Waals surface area contributed by atoms with Crippen LogP contribution < -0.4 is 0 Å². The lowest BCUT2D eigenvalue weighted by atomic mass is 9.73. The predicted octanol–water partition coefficient (Wildman–Crippen LogP) is 6.02. The van der Waals surface area contributed by atoms with Crippen molar-refractivity contribution in [2.24, 2.45) is 17.8 Å². The molecule has 0 atom stereocenters.